The van der Waals surface area contributed by atoms with Crippen molar-refractivity contribution < 1.29 is 9.47 Å². The van der Waals surface area contributed by atoms with Gasteiger partial charge in [-0.15, -0.1) is 0 Å². The van der Waals surface area contributed by atoms with Gasteiger partial charge in [-0.3, -0.25) is 0 Å². The molecule has 1 aliphatic carbocycles. The highest BCUT2D eigenvalue weighted by atomic mass is 16.6. The molecule has 2 aromatic heterocycles. The molecule has 0 radical (unpaired) electrons. The van der Waals surface area contributed by atoms with Crippen LogP contribution in [0.1, 0.15) is 31.0 Å². The minimum atomic E-state index is -1.09. The molecule has 1 aliphatic heterocycles. The summed E-state index contributed by atoms with van der Waals surface area (Å²) >= 11 is 0. The lowest BCUT2D eigenvalue weighted by atomic mass is 9.86. The quantitative estimate of drug-likeness (QED) is 0.753. The number of ether oxygens (including phenoxy) is 2. The van der Waals surface area contributed by atoms with Crippen molar-refractivity contribution in [3.8, 4) is 6.07 Å². The van der Waals surface area contributed by atoms with Crippen LogP contribution in [0.25, 0.3) is 5.52 Å². The molecule has 2 fully saturated rings. The molecular weight excluding hydrogens is 354 g/mol. The van der Waals surface area contributed by atoms with Gasteiger partial charge in [0.1, 0.15) is 17.9 Å². The maximum atomic E-state index is 10.1. The van der Waals surface area contributed by atoms with E-state index in [9.17, 15) is 5.26 Å². The standard InChI is InChI=1S/C21H21N5O2/c1-14-9-20(10-18(20)27-11-15-5-3-2-4-6-15)28-21(14,12-22)17-8-7-16-19(23)24-13-25-26(16)17/h2-8,13-14,18H,9-11H2,1H3,(H2,23,24,25)/t14-,18-,20+,21?/m0/s1. The Hall–Kier alpha value is -2.95. The zero-order valence-corrected chi connectivity index (χ0v) is 15.6. The topological polar surface area (TPSA) is 98.5 Å². The first-order valence-electron chi connectivity index (χ1n) is 9.44. The number of rotatable bonds is 4. The van der Waals surface area contributed by atoms with Gasteiger partial charge in [0.05, 0.1) is 24.0 Å². The number of aromatic nitrogens is 3. The monoisotopic (exact) mass is 375 g/mol. The number of nitrogens with two attached hydrogens (primary N) is 1. The maximum Gasteiger partial charge on any atom is 0.199 e. The Labute approximate surface area is 162 Å². The largest absolute Gasteiger partial charge is 0.382 e. The van der Waals surface area contributed by atoms with Gasteiger partial charge in [0.25, 0.3) is 0 Å². The number of hydrogen-bond donors (Lipinski definition) is 1. The molecule has 1 saturated heterocycles. The molecule has 7 nitrogen and oxygen atoms in total. The molecule has 0 bridgehead atoms. The van der Waals surface area contributed by atoms with E-state index in [1.807, 2.05) is 42.5 Å². The van der Waals surface area contributed by atoms with Crippen LogP contribution in [-0.4, -0.2) is 26.3 Å². The fourth-order valence-corrected chi connectivity index (χ4v) is 4.41. The van der Waals surface area contributed by atoms with E-state index < -0.39 is 11.2 Å². The average Bonchev–Trinajstić information content (AvgIpc) is 3.04. The molecule has 142 valence electrons. The van der Waals surface area contributed by atoms with Crippen LogP contribution < -0.4 is 5.73 Å². The number of anilines is 1. The van der Waals surface area contributed by atoms with Crippen molar-refractivity contribution in [2.45, 2.75) is 43.7 Å². The Morgan fingerprint density at radius 3 is 2.89 bits per heavy atom. The third kappa shape index (κ3) is 2.42. The van der Waals surface area contributed by atoms with Crippen LogP contribution >= 0.6 is 0 Å². The number of nitrogen functional groups attached to an aromatic ring is 1. The maximum absolute atomic E-state index is 10.1. The van der Waals surface area contributed by atoms with Gasteiger partial charge in [0.2, 0.25) is 0 Å². The minimum absolute atomic E-state index is 0.00267. The van der Waals surface area contributed by atoms with Crippen LogP contribution in [0.2, 0.25) is 0 Å². The highest BCUT2D eigenvalue weighted by molar-refractivity contribution is 5.66. The van der Waals surface area contributed by atoms with E-state index in [0.717, 1.165) is 18.4 Å². The molecule has 1 spiro atoms. The van der Waals surface area contributed by atoms with Crippen LogP contribution in [-0.2, 0) is 21.7 Å². The van der Waals surface area contributed by atoms with E-state index in [4.69, 9.17) is 15.2 Å². The lowest BCUT2D eigenvalue weighted by Gasteiger charge is -2.25. The van der Waals surface area contributed by atoms with E-state index in [-0.39, 0.29) is 12.0 Å². The molecule has 28 heavy (non-hydrogen) atoms. The Morgan fingerprint density at radius 2 is 2.11 bits per heavy atom. The van der Waals surface area contributed by atoms with Crippen molar-refractivity contribution in [3.05, 3.63) is 60.0 Å². The zero-order valence-electron chi connectivity index (χ0n) is 15.6. The molecule has 2 N–H and O–H groups in total. The molecule has 1 unspecified atom stereocenters. The van der Waals surface area contributed by atoms with Crippen LogP contribution in [0.4, 0.5) is 5.82 Å². The van der Waals surface area contributed by atoms with Crippen molar-refractivity contribution in [1.82, 2.24) is 14.6 Å². The summed E-state index contributed by atoms with van der Waals surface area (Å²) < 4.78 is 14.3. The number of benzene rings is 1. The van der Waals surface area contributed by atoms with Crippen molar-refractivity contribution in [2.75, 3.05) is 5.73 Å². The lowest BCUT2D eigenvalue weighted by molar-refractivity contribution is -0.0667. The molecule has 7 heteroatoms. The number of fused-ring (bicyclic) bond motifs is 1. The van der Waals surface area contributed by atoms with E-state index in [0.29, 0.717) is 23.6 Å². The van der Waals surface area contributed by atoms with E-state index in [2.05, 4.69) is 23.1 Å². The van der Waals surface area contributed by atoms with E-state index in [1.165, 1.54) is 6.33 Å². The van der Waals surface area contributed by atoms with E-state index in [1.54, 1.807) is 4.52 Å². The lowest BCUT2D eigenvalue weighted by Crippen LogP contribution is -2.32. The molecule has 2 aliphatic rings. The SMILES string of the molecule is C[C@H]1C[C@]2(C[C@@H]2OCc2ccccc2)OC1(C#N)c1ccc2c(N)ncnn12. The van der Waals surface area contributed by atoms with Crippen molar-refractivity contribution in [1.29, 1.82) is 5.26 Å². The molecule has 4 atom stereocenters. The Kier molecular flexibility index (Phi) is 3.69. The van der Waals surface area contributed by atoms with Crippen molar-refractivity contribution in [3.63, 3.8) is 0 Å². The minimum Gasteiger partial charge on any atom is -0.382 e. The highest BCUT2D eigenvalue weighted by Crippen LogP contribution is 2.60. The number of nitrogens with zero attached hydrogens (tertiary/aromatic N) is 4. The summed E-state index contributed by atoms with van der Waals surface area (Å²) in [5.74, 6) is 0.377. The Balaban J connectivity index is 1.41. The second kappa shape index (κ2) is 6.03. The highest BCUT2D eigenvalue weighted by Gasteiger charge is 2.68. The smallest absolute Gasteiger partial charge is 0.199 e. The van der Waals surface area contributed by atoms with Gasteiger partial charge >= 0.3 is 0 Å². The summed E-state index contributed by atoms with van der Waals surface area (Å²) in [5, 5.41) is 14.4. The summed E-state index contributed by atoms with van der Waals surface area (Å²) in [6.45, 7) is 2.59. The van der Waals surface area contributed by atoms with Gasteiger partial charge in [-0.2, -0.15) is 10.4 Å². The summed E-state index contributed by atoms with van der Waals surface area (Å²) in [5.41, 5.74) is 6.96. The molecule has 5 rings (SSSR count). The van der Waals surface area contributed by atoms with Crippen molar-refractivity contribution >= 4 is 11.3 Å². The predicted octanol–water partition coefficient (Wildman–Crippen LogP) is 2.81. The van der Waals surface area contributed by atoms with Crippen LogP contribution in [0.3, 0.4) is 0 Å². The number of nitriles is 1. The predicted molar refractivity (Wildman–Crippen MR) is 102 cm³/mol. The average molecular weight is 375 g/mol. The van der Waals surface area contributed by atoms with Gasteiger partial charge in [-0.25, -0.2) is 9.50 Å². The second-order valence-electron chi connectivity index (χ2n) is 7.77. The summed E-state index contributed by atoms with van der Waals surface area (Å²) in [6.07, 6.45) is 2.97. The molecule has 3 aromatic rings. The van der Waals surface area contributed by atoms with Crippen molar-refractivity contribution in [2.24, 2.45) is 5.92 Å². The first-order chi connectivity index (χ1) is 13.6. The summed E-state index contributed by atoms with van der Waals surface area (Å²) in [7, 11) is 0. The van der Waals surface area contributed by atoms with Gasteiger partial charge < -0.3 is 15.2 Å². The number of hydrogen-bond acceptors (Lipinski definition) is 6. The van der Waals surface area contributed by atoms with Gasteiger partial charge in [0, 0.05) is 12.3 Å². The molecule has 3 heterocycles. The van der Waals surface area contributed by atoms with Crippen LogP contribution in [0.15, 0.2) is 48.8 Å². The zero-order chi connectivity index (χ0) is 19.4. The summed E-state index contributed by atoms with van der Waals surface area (Å²) in [6, 6.07) is 16.2. The van der Waals surface area contributed by atoms with Gasteiger partial charge in [0.15, 0.2) is 11.4 Å². The first kappa shape index (κ1) is 17.2. The van der Waals surface area contributed by atoms with Gasteiger partial charge in [-0.1, -0.05) is 37.3 Å². The van der Waals surface area contributed by atoms with Crippen LogP contribution in [0.5, 0.6) is 0 Å². The second-order valence-corrected chi connectivity index (χ2v) is 7.77. The fourth-order valence-electron chi connectivity index (χ4n) is 4.41. The molecule has 0 amide bonds. The van der Waals surface area contributed by atoms with E-state index >= 15 is 0 Å². The molecule has 1 saturated carbocycles. The van der Waals surface area contributed by atoms with Gasteiger partial charge in [-0.05, 0) is 24.1 Å². The third-order valence-electron chi connectivity index (χ3n) is 5.99. The summed E-state index contributed by atoms with van der Waals surface area (Å²) in [4.78, 5) is 4.02. The molecular formula is C21H21N5O2. The Morgan fingerprint density at radius 1 is 1.29 bits per heavy atom. The van der Waals surface area contributed by atoms with Crippen LogP contribution in [0, 0.1) is 17.2 Å². The first-order valence-corrected chi connectivity index (χ1v) is 9.44. The normalized spacial score (nSPS) is 31.3. The molecule has 1 aromatic carbocycles. The Bertz CT molecular complexity index is 1080. The fraction of sp³-hybridized carbons (Fsp3) is 0.381. The third-order valence-corrected chi connectivity index (χ3v) is 5.99.